The summed E-state index contributed by atoms with van der Waals surface area (Å²) >= 11 is 0. The number of allylic oxidation sites excluding steroid dienone is 1. The molecule has 1 heterocycles. The molecule has 184 valence electrons. The van der Waals surface area contributed by atoms with E-state index in [1.807, 2.05) is 26.8 Å². The molecule has 0 unspecified atom stereocenters. The number of aryl methyl sites for hydroxylation is 3. The van der Waals surface area contributed by atoms with Gasteiger partial charge in [0.1, 0.15) is 11.3 Å². The Morgan fingerprint density at radius 1 is 1.03 bits per heavy atom. The van der Waals surface area contributed by atoms with Crippen LogP contribution in [0.5, 0.6) is 5.75 Å². The Kier molecular flexibility index (Phi) is 6.97. The zero-order valence-electron chi connectivity index (χ0n) is 21.2. The first kappa shape index (κ1) is 24.8. The van der Waals surface area contributed by atoms with Gasteiger partial charge in [-0.2, -0.15) is 0 Å². The summed E-state index contributed by atoms with van der Waals surface area (Å²) < 4.78 is 12.0. The monoisotopic (exact) mass is 482 g/mol. The van der Waals surface area contributed by atoms with Gasteiger partial charge in [-0.1, -0.05) is 23.8 Å². The normalized spacial score (nSPS) is 11.5. The lowest BCUT2D eigenvalue weighted by Crippen LogP contribution is -2.12. The molecule has 6 nitrogen and oxygen atoms in total. The van der Waals surface area contributed by atoms with Crippen LogP contribution >= 0.6 is 0 Å². The van der Waals surface area contributed by atoms with Crippen LogP contribution < -0.4 is 15.8 Å². The fourth-order valence-electron chi connectivity index (χ4n) is 4.43. The summed E-state index contributed by atoms with van der Waals surface area (Å²) in [7, 11) is 0. The summed E-state index contributed by atoms with van der Waals surface area (Å²) in [6.07, 6.45) is 3.33. The lowest BCUT2D eigenvalue weighted by Gasteiger charge is -2.15. The topological polar surface area (TPSA) is 94.6 Å². The summed E-state index contributed by atoms with van der Waals surface area (Å²) in [5, 5.41) is 3.80. The van der Waals surface area contributed by atoms with Crippen LogP contribution in [0.3, 0.4) is 0 Å². The first-order chi connectivity index (χ1) is 17.2. The number of nitrogens with two attached hydrogens (primary N) is 1. The summed E-state index contributed by atoms with van der Waals surface area (Å²) in [6.45, 7) is 10.4. The third-order valence-electron chi connectivity index (χ3n) is 6.21. The van der Waals surface area contributed by atoms with Crippen LogP contribution in [-0.4, -0.2) is 18.4 Å². The van der Waals surface area contributed by atoms with Crippen molar-refractivity contribution in [1.29, 1.82) is 0 Å². The van der Waals surface area contributed by atoms with Crippen molar-refractivity contribution < 1.29 is 18.7 Å². The van der Waals surface area contributed by atoms with E-state index in [4.69, 9.17) is 14.9 Å². The number of primary amides is 1. The molecule has 0 aliphatic carbocycles. The largest absolute Gasteiger partial charge is 0.493 e. The summed E-state index contributed by atoms with van der Waals surface area (Å²) in [6, 6.07) is 14.8. The molecule has 0 aliphatic heterocycles. The third kappa shape index (κ3) is 4.89. The second-order valence-electron chi connectivity index (χ2n) is 8.91. The molecular formula is C30H30N2O4. The van der Waals surface area contributed by atoms with Crippen molar-refractivity contribution in [3.8, 4) is 16.9 Å². The van der Waals surface area contributed by atoms with Crippen LogP contribution in [0.25, 0.3) is 27.7 Å². The predicted octanol–water partition coefficient (Wildman–Crippen LogP) is 6.56. The van der Waals surface area contributed by atoms with E-state index in [1.165, 1.54) is 11.1 Å². The van der Waals surface area contributed by atoms with Crippen molar-refractivity contribution in [3.05, 3.63) is 88.7 Å². The Hall–Kier alpha value is -4.32. The van der Waals surface area contributed by atoms with Gasteiger partial charge in [-0.3, -0.25) is 9.59 Å². The zero-order chi connectivity index (χ0) is 26.0. The highest BCUT2D eigenvalue weighted by atomic mass is 16.5. The van der Waals surface area contributed by atoms with Gasteiger partial charge in [0.25, 0.3) is 0 Å². The van der Waals surface area contributed by atoms with Crippen LogP contribution in [0, 0.1) is 20.8 Å². The maximum absolute atomic E-state index is 12.8. The number of amides is 2. The van der Waals surface area contributed by atoms with Crippen molar-refractivity contribution in [3.63, 3.8) is 0 Å². The molecule has 0 atom stereocenters. The molecule has 0 radical (unpaired) electrons. The van der Waals surface area contributed by atoms with Crippen LogP contribution in [0.15, 0.2) is 65.3 Å². The fourth-order valence-corrected chi connectivity index (χ4v) is 4.43. The lowest BCUT2D eigenvalue weighted by atomic mass is 9.94. The molecule has 0 saturated heterocycles. The fraction of sp³-hybridized carbons (Fsp3) is 0.200. The van der Waals surface area contributed by atoms with E-state index >= 15 is 0 Å². The van der Waals surface area contributed by atoms with Gasteiger partial charge in [0, 0.05) is 39.4 Å². The zero-order valence-corrected chi connectivity index (χ0v) is 21.2. The maximum Gasteiger partial charge on any atom is 0.248 e. The van der Waals surface area contributed by atoms with Gasteiger partial charge < -0.3 is 20.2 Å². The predicted molar refractivity (Wildman–Crippen MR) is 144 cm³/mol. The number of carbonyl (C=O) groups excluding carboxylic acids is 2. The van der Waals surface area contributed by atoms with Gasteiger partial charge in [0.2, 0.25) is 11.8 Å². The van der Waals surface area contributed by atoms with Gasteiger partial charge >= 0.3 is 0 Å². The minimum absolute atomic E-state index is 0.290. The number of benzene rings is 3. The molecule has 3 N–H and O–H groups in total. The Bertz CT molecular complexity index is 1490. The molecule has 0 fully saturated rings. The minimum Gasteiger partial charge on any atom is -0.493 e. The first-order valence-corrected chi connectivity index (χ1v) is 11.8. The Morgan fingerprint density at radius 2 is 1.75 bits per heavy atom. The Balaban J connectivity index is 1.75. The number of anilines is 1. The molecule has 6 heteroatoms. The number of ether oxygens (including phenoxy) is 1. The number of carbonyl (C=O) groups is 2. The highest BCUT2D eigenvalue weighted by molar-refractivity contribution is 6.06. The van der Waals surface area contributed by atoms with Crippen LogP contribution in [-0.2, 0) is 4.79 Å². The summed E-state index contributed by atoms with van der Waals surface area (Å²) in [5.41, 5.74) is 13.9. The first-order valence-electron chi connectivity index (χ1n) is 11.8. The second kappa shape index (κ2) is 10.1. The molecule has 2 amide bonds. The van der Waals surface area contributed by atoms with Crippen LogP contribution in [0.1, 0.15) is 46.5 Å². The lowest BCUT2D eigenvalue weighted by molar-refractivity contribution is -0.111. The Labute approximate surface area is 210 Å². The number of furan rings is 1. The van der Waals surface area contributed by atoms with E-state index in [1.54, 1.807) is 36.6 Å². The molecule has 3 aromatic carbocycles. The average Bonchev–Trinajstić information content (AvgIpc) is 3.25. The number of nitrogens with one attached hydrogen (secondary N) is 1. The maximum atomic E-state index is 12.8. The quantitative estimate of drug-likeness (QED) is 0.292. The van der Waals surface area contributed by atoms with E-state index in [9.17, 15) is 9.59 Å². The molecule has 0 saturated carbocycles. The van der Waals surface area contributed by atoms with E-state index in [-0.39, 0.29) is 5.91 Å². The van der Waals surface area contributed by atoms with Crippen molar-refractivity contribution in [2.75, 3.05) is 11.9 Å². The molecule has 1 aromatic heterocycles. The van der Waals surface area contributed by atoms with Crippen LogP contribution in [0.2, 0.25) is 0 Å². The number of hydrogen-bond donors (Lipinski definition) is 2. The molecule has 4 aromatic rings. The molecule has 0 bridgehead atoms. The number of rotatable bonds is 7. The molecule has 4 rings (SSSR count). The summed E-state index contributed by atoms with van der Waals surface area (Å²) in [5.74, 6) is -0.113. The highest BCUT2D eigenvalue weighted by Crippen LogP contribution is 2.41. The highest BCUT2D eigenvalue weighted by Gasteiger charge is 2.20. The third-order valence-corrected chi connectivity index (χ3v) is 6.21. The summed E-state index contributed by atoms with van der Waals surface area (Å²) in [4.78, 5) is 24.1. The van der Waals surface area contributed by atoms with Crippen LogP contribution in [0.4, 0.5) is 5.69 Å². The standard InChI is InChI=1S/C30H30N2O4/c1-6-35-28-20(5)29-25(26(16-36-29)23-12-7-17(2)13-18(23)3)15-24(28)19(4)14-27(33)32-22-10-8-21(9-11-22)30(31)34/h7-16H,6H2,1-5H3,(H2,31,34)(H,32,33)/b19-14+. The molecular weight excluding hydrogens is 452 g/mol. The number of fused-ring (bicyclic) bond motifs is 1. The van der Waals surface area contributed by atoms with E-state index in [2.05, 4.69) is 37.4 Å². The van der Waals surface area contributed by atoms with E-state index in [0.717, 1.165) is 38.8 Å². The van der Waals surface area contributed by atoms with E-state index in [0.29, 0.717) is 23.6 Å². The number of hydrogen-bond acceptors (Lipinski definition) is 4. The van der Waals surface area contributed by atoms with Gasteiger partial charge in [0.05, 0.1) is 12.9 Å². The molecule has 0 spiro atoms. The minimum atomic E-state index is -0.516. The SMILES string of the molecule is CCOc1c(/C(C)=C/C(=O)Nc2ccc(C(N)=O)cc2)cc2c(-c3ccc(C)cc3C)coc2c1C. The smallest absolute Gasteiger partial charge is 0.248 e. The molecule has 36 heavy (non-hydrogen) atoms. The van der Waals surface area contributed by atoms with Gasteiger partial charge in [-0.15, -0.1) is 0 Å². The van der Waals surface area contributed by atoms with Gasteiger partial charge in [-0.05, 0) is 81.7 Å². The van der Waals surface area contributed by atoms with E-state index < -0.39 is 5.91 Å². The molecule has 0 aliphatic rings. The Morgan fingerprint density at radius 3 is 2.39 bits per heavy atom. The second-order valence-corrected chi connectivity index (χ2v) is 8.91. The average molecular weight is 483 g/mol. The van der Waals surface area contributed by atoms with Gasteiger partial charge in [-0.25, -0.2) is 0 Å². The van der Waals surface area contributed by atoms with Gasteiger partial charge in [0.15, 0.2) is 0 Å². The van der Waals surface area contributed by atoms with Crippen molar-refractivity contribution in [1.82, 2.24) is 0 Å². The van der Waals surface area contributed by atoms with Crippen molar-refractivity contribution in [2.24, 2.45) is 5.73 Å². The van der Waals surface area contributed by atoms with Crippen molar-refractivity contribution >= 4 is 34.0 Å². The van der Waals surface area contributed by atoms with Crippen molar-refractivity contribution in [2.45, 2.75) is 34.6 Å².